The van der Waals surface area contributed by atoms with Crippen LogP contribution in [0.15, 0.2) is 72.8 Å². The molecule has 1 aliphatic rings. The van der Waals surface area contributed by atoms with E-state index in [1.54, 1.807) is 29.2 Å². The van der Waals surface area contributed by atoms with E-state index in [-0.39, 0.29) is 17.7 Å². The molecular formula is C27H26N2O3. The van der Waals surface area contributed by atoms with Gasteiger partial charge in [0.25, 0.3) is 17.7 Å². The molecule has 5 heteroatoms. The van der Waals surface area contributed by atoms with Crippen molar-refractivity contribution >= 4 is 23.4 Å². The van der Waals surface area contributed by atoms with Crippen molar-refractivity contribution in [3.8, 4) is 0 Å². The maximum Gasteiger partial charge on any atom is 0.261 e. The van der Waals surface area contributed by atoms with E-state index in [1.807, 2.05) is 62.4 Å². The summed E-state index contributed by atoms with van der Waals surface area (Å²) in [6.07, 6.45) is 1.29. The van der Waals surface area contributed by atoms with Crippen LogP contribution in [0.1, 0.15) is 55.0 Å². The summed E-state index contributed by atoms with van der Waals surface area (Å²) in [7, 11) is 0. The number of aryl methyl sites for hydroxylation is 2. The van der Waals surface area contributed by atoms with Crippen LogP contribution in [0.5, 0.6) is 0 Å². The predicted octanol–water partition coefficient (Wildman–Crippen LogP) is 5.03. The van der Waals surface area contributed by atoms with Crippen molar-refractivity contribution in [2.75, 3.05) is 18.0 Å². The van der Waals surface area contributed by atoms with Gasteiger partial charge in [0.05, 0.1) is 11.1 Å². The first-order valence-corrected chi connectivity index (χ1v) is 10.9. The molecule has 0 aliphatic carbocycles. The van der Waals surface area contributed by atoms with Gasteiger partial charge in [-0.05, 0) is 63.1 Å². The number of rotatable bonds is 7. The zero-order valence-corrected chi connectivity index (χ0v) is 18.4. The van der Waals surface area contributed by atoms with Gasteiger partial charge in [-0.25, -0.2) is 0 Å². The third-order valence-electron chi connectivity index (χ3n) is 5.75. The van der Waals surface area contributed by atoms with Crippen LogP contribution in [0, 0.1) is 13.8 Å². The number of carbonyl (C=O) groups is 3. The second kappa shape index (κ2) is 9.18. The van der Waals surface area contributed by atoms with Crippen LogP contribution in [0.4, 0.5) is 5.69 Å². The fraction of sp³-hybridized carbons (Fsp3) is 0.222. The largest absolute Gasteiger partial charge is 0.308 e. The summed E-state index contributed by atoms with van der Waals surface area (Å²) in [5.74, 6) is -0.535. The SMILES string of the molecule is Cc1ccc(N(CCCCN2C(=O)c3ccccc3C2=O)C(=O)c2cccc(C)c2)cc1. The van der Waals surface area contributed by atoms with Crippen LogP contribution in [0.3, 0.4) is 0 Å². The second-order valence-corrected chi connectivity index (χ2v) is 8.18. The molecule has 5 nitrogen and oxygen atoms in total. The van der Waals surface area contributed by atoms with Crippen molar-refractivity contribution in [3.05, 3.63) is 101 Å². The summed E-state index contributed by atoms with van der Waals surface area (Å²) in [4.78, 5) is 41.5. The Morgan fingerprint density at radius 3 is 2.06 bits per heavy atom. The lowest BCUT2D eigenvalue weighted by molar-refractivity contribution is 0.0651. The van der Waals surface area contributed by atoms with E-state index in [2.05, 4.69) is 0 Å². The first-order valence-electron chi connectivity index (χ1n) is 10.9. The molecule has 0 N–H and O–H groups in total. The zero-order chi connectivity index (χ0) is 22.7. The van der Waals surface area contributed by atoms with Crippen molar-refractivity contribution in [2.45, 2.75) is 26.7 Å². The average Bonchev–Trinajstić information content (AvgIpc) is 3.04. The summed E-state index contributed by atoms with van der Waals surface area (Å²) >= 11 is 0. The minimum atomic E-state index is -0.239. The van der Waals surface area contributed by atoms with Crippen molar-refractivity contribution < 1.29 is 14.4 Å². The maximum atomic E-state index is 13.3. The Hall–Kier alpha value is -3.73. The topological polar surface area (TPSA) is 57.7 Å². The molecular weight excluding hydrogens is 400 g/mol. The van der Waals surface area contributed by atoms with Gasteiger partial charge in [-0.3, -0.25) is 19.3 Å². The first kappa shape index (κ1) is 21.5. The van der Waals surface area contributed by atoms with E-state index in [9.17, 15) is 14.4 Å². The number of amides is 3. The summed E-state index contributed by atoms with van der Waals surface area (Å²) in [6, 6.07) is 22.4. The van der Waals surface area contributed by atoms with E-state index in [1.165, 1.54) is 4.90 Å². The number of imide groups is 1. The third kappa shape index (κ3) is 4.33. The molecule has 0 unspecified atom stereocenters. The Labute approximate surface area is 188 Å². The fourth-order valence-corrected chi connectivity index (χ4v) is 3.99. The quantitative estimate of drug-likeness (QED) is 0.393. The lowest BCUT2D eigenvalue weighted by Gasteiger charge is -2.24. The summed E-state index contributed by atoms with van der Waals surface area (Å²) in [5.41, 5.74) is 4.57. The van der Waals surface area contributed by atoms with Crippen LogP contribution in [0.25, 0.3) is 0 Å². The highest BCUT2D eigenvalue weighted by molar-refractivity contribution is 6.21. The van der Waals surface area contributed by atoms with E-state index < -0.39 is 0 Å². The highest BCUT2D eigenvalue weighted by Crippen LogP contribution is 2.23. The van der Waals surface area contributed by atoms with Crippen molar-refractivity contribution in [2.24, 2.45) is 0 Å². The van der Waals surface area contributed by atoms with Gasteiger partial charge in [-0.1, -0.05) is 47.5 Å². The van der Waals surface area contributed by atoms with E-state index in [4.69, 9.17) is 0 Å². The molecule has 0 aromatic heterocycles. The Morgan fingerprint density at radius 2 is 1.44 bits per heavy atom. The van der Waals surface area contributed by atoms with Crippen molar-refractivity contribution in [1.29, 1.82) is 0 Å². The predicted molar refractivity (Wildman–Crippen MR) is 125 cm³/mol. The van der Waals surface area contributed by atoms with Gasteiger partial charge in [0.15, 0.2) is 0 Å². The molecule has 0 saturated carbocycles. The summed E-state index contributed by atoms with van der Waals surface area (Å²) in [5, 5.41) is 0. The smallest absolute Gasteiger partial charge is 0.261 e. The molecule has 0 spiro atoms. The molecule has 0 bridgehead atoms. The van der Waals surface area contributed by atoms with Crippen LogP contribution in [-0.2, 0) is 0 Å². The van der Waals surface area contributed by atoms with Crippen molar-refractivity contribution in [3.63, 3.8) is 0 Å². The highest BCUT2D eigenvalue weighted by atomic mass is 16.2. The average molecular weight is 427 g/mol. The van der Waals surface area contributed by atoms with E-state index in [0.717, 1.165) is 16.8 Å². The number of unbranched alkanes of at least 4 members (excludes halogenated alkanes) is 1. The lowest BCUT2D eigenvalue weighted by Crippen LogP contribution is -2.34. The monoisotopic (exact) mass is 426 g/mol. The van der Waals surface area contributed by atoms with Gasteiger partial charge >= 0.3 is 0 Å². The Morgan fingerprint density at radius 1 is 0.781 bits per heavy atom. The molecule has 4 rings (SSSR count). The standard InChI is InChI=1S/C27H26N2O3/c1-19-12-14-22(15-13-19)28(25(30)21-9-7-8-20(2)18-21)16-5-6-17-29-26(31)23-10-3-4-11-24(23)27(29)32/h3-4,7-15,18H,5-6,16-17H2,1-2H3. The van der Waals surface area contributed by atoms with Crippen molar-refractivity contribution in [1.82, 2.24) is 4.90 Å². The van der Waals surface area contributed by atoms with E-state index in [0.29, 0.717) is 42.6 Å². The zero-order valence-electron chi connectivity index (χ0n) is 18.4. The van der Waals surface area contributed by atoms with Crippen LogP contribution in [-0.4, -0.2) is 35.7 Å². The minimum absolute atomic E-state index is 0.0571. The third-order valence-corrected chi connectivity index (χ3v) is 5.75. The molecule has 1 heterocycles. The highest BCUT2D eigenvalue weighted by Gasteiger charge is 2.34. The number of anilines is 1. The van der Waals surface area contributed by atoms with Crippen LogP contribution in [0.2, 0.25) is 0 Å². The Balaban J connectivity index is 1.44. The van der Waals surface area contributed by atoms with Gasteiger partial charge in [-0.2, -0.15) is 0 Å². The van der Waals surface area contributed by atoms with Crippen LogP contribution >= 0.6 is 0 Å². The van der Waals surface area contributed by atoms with Crippen LogP contribution < -0.4 is 4.90 Å². The summed E-state index contributed by atoms with van der Waals surface area (Å²) < 4.78 is 0. The number of hydrogen-bond donors (Lipinski definition) is 0. The molecule has 162 valence electrons. The summed E-state index contributed by atoms with van der Waals surface area (Å²) in [6.45, 7) is 4.82. The van der Waals surface area contributed by atoms with Gasteiger partial charge in [0, 0.05) is 24.3 Å². The number of carbonyl (C=O) groups excluding carboxylic acids is 3. The molecule has 1 aliphatic heterocycles. The van der Waals surface area contributed by atoms with Gasteiger partial charge in [0.2, 0.25) is 0 Å². The maximum absolute atomic E-state index is 13.3. The molecule has 0 radical (unpaired) electrons. The number of fused-ring (bicyclic) bond motifs is 1. The fourth-order valence-electron chi connectivity index (χ4n) is 3.99. The normalized spacial score (nSPS) is 12.8. The molecule has 0 saturated heterocycles. The lowest BCUT2D eigenvalue weighted by atomic mass is 10.1. The number of nitrogens with zero attached hydrogens (tertiary/aromatic N) is 2. The molecule has 0 atom stereocenters. The molecule has 3 amide bonds. The molecule has 32 heavy (non-hydrogen) atoms. The van der Waals surface area contributed by atoms with Gasteiger partial charge in [-0.15, -0.1) is 0 Å². The Bertz CT molecular complexity index is 1130. The molecule has 3 aromatic carbocycles. The molecule has 0 fully saturated rings. The minimum Gasteiger partial charge on any atom is -0.308 e. The Kier molecular flexibility index (Phi) is 6.17. The number of hydrogen-bond acceptors (Lipinski definition) is 3. The van der Waals surface area contributed by atoms with E-state index >= 15 is 0 Å². The number of benzene rings is 3. The van der Waals surface area contributed by atoms with Gasteiger partial charge in [0.1, 0.15) is 0 Å². The molecule has 3 aromatic rings. The second-order valence-electron chi connectivity index (χ2n) is 8.18. The first-order chi connectivity index (χ1) is 15.5. The van der Waals surface area contributed by atoms with Gasteiger partial charge < -0.3 is 4.90 Å².